The van der Waals surface area contributed by atoms with Crippen molar-refractivity contribution in [3.63, 3.8) is 0 Å². The number of nitrogens with one attached hydrogen (secondary N) is 1. The Hall–Kier alpha value is -0.810. The van der Waals surface area contributed by atoms with Crippen LogP contribution in [0.25, 0.3) is 0 Å². The first-order valence-corrected chi connectivity index (χ1v) is 6.78. The zero-order valence-corrected chi connectivity index (χ0v) is 12.3. The van der Waals surface area contributed by atoms with Crippen LogP contribution in [0.1, 0.15) is 40.5 Å². The summed E-state index contributed by atoms with van der Waals surface area (Å²) >= 11 is 0. The molecule has 0 fully saturated rings. The lowest BCUT2D eigenvalue weighted by molar-refractivity contribution is 0.0526. The standard InChI is InChI=1S/C13H29N3O2/c1-5-16(10-6-8-14)11-7-9-15-12(17)18-13(2,3)4/h5-11,14H2,1-4H3,(H,15,17). The molecule has 5 heteroatoms. The third-order valence-corrected chi connectivity index (χ3v) is 2.45. The van der Waals surface area contributed by atoms with Crippen LogP contribution >= 0.6 is 0 Å². The fourth-order valence-corrected chi connectivity index (χ4v) is 1.55. The minimum absolute atomic E-state index is 0.340. The summed E-state index contributed by atoms with van der Waals surface area (Å²) in [5, 5.41) is 2.76. The zero-order valence-electron chi connectivity index (χ0n) is 12.3. The molecule has 3 N–H and O–H groups in total. The molecule has 0 rings (SSSR count). The van der Waals surface area contributed by atoms with Crippen LogP contribution in [-0.2, 0) is 4.74 Å². The third kappa shape index (κ3) is 10.4. The topological polar surface area (TPSA) is 67.6 Å². The van der Waals surface area contributed by atoms with Gasteiger partial charge in [0.05, 0.1) is 0 Å². The highest BCUT2D eigenvalue weighted by molar-refractivity contribution is 5.67. The summed E-state index contributed by atoms with van der Waals surface area (Å²) in [4.78, 5) is 13.7. The maximum Gasteiger partial charge on any atom is 0.407 e. The molecule has 0 unspecified atom stereocenters. The molecule has 0 spiro atoms. The van der Waals surface area contributed by atoms with Crippen LogP contribution in [0.2, 0.25) is 0 Å². The summed E-state index contributed by atoms with van der Waals surface area (Å²) in [7, 11) is 0. The van der Waals surface area contributed by atoms with E-state index in [0.717, 1.165) is 39.0 Å². The molecule has 0 saturated heterocycles. The van der Waals surface area contributed by atoms with Crippen molar-refractivity contribution in [1.82, 2.24) is 10.2 Å². The summed E-state index contributed by atoms with van der Waals surface area (Å²) in [6.45, 7) is 12.1. The summed E-state index contributed by atoms with van der Waals surface area (Å²) in [5.74, 6) is 0. The van der Waals surface area contributed by atoms with Gasteiger partial charge in [0.25, 0.3) is 0 Å². The van der Waals surface area contributed by atoms with Crippen molar-refractivity contribution in [2.75, 3.05) is 32.7 Å². The highest BCUT2D eigenvalue weighted by atomic mass is 16.6. The van der Waals surface area contributed by atoms with Crippen LogP contribution in [0.3, 0.4) is 0 Å². The van der Waals surface area contributed by atoms with E-state index in [2.05, 4.69) is 17.1 Å². The zero-order chi connectivity index (χ0) is 14.0. The van der Waals surface area contributed by atoms with Gasteiger partial charge in [0.1, 0.15) is 5.60 Å². The lowest BCUT2D eigenvalue weighted by Gasteiger charge is -2.21. The molecule has 0 aliphatic carbocycles. The fourth-order valence-electron chi connectivity index (χ4n) is 1.55. The van der Waals surface area contributed by atoms with E-state index >= 15 is 0 Å². The number of carbonyl (C=O) groups is 1. The predicted molar refractivity (Wildman–Crippen MR) is 74.6 cm³/mol. The van der Waals surface area contributed by atoms with E-state index in [1.807, 2.05) is 20.8 Å². The minimum Gasteiger partial charge on any atom is -0.444 e. The van der Waals surface area contributed by atoms with E-state index in [9.17, 15) is 4.79 Å². The molecule has 0 heterocycles. The summed E-state index contributed by atoms with van der Waals surface area (Å²) in [6.07, 6.45) is 1.61. The van der Waals surface area contributed by atoms with Gasteiger partial charge in [0.2, 0.25) is 0 Å². The normalized spacial score (nSPS) is 11.7. The molecule has 0 aromatic rings. The van der Waals surface area contributed by atoms with Crippen molar-refractivity contribution in [2.24, 2.45) is 5.73 Å². The molecular weight excluding hydrogens is 230 g/mol. The van der Waals surface area contributed by atoms with E-state index in [0.29, 0.717) is 6.54 Å². The quantitative estimate of drug-likeness (QED) is 0.649. The monoisotopic (exact) mass is 259 g/mol. The van der Waals surface area contributed by atoms with Gasteiger partial charge in [-0.05, 0) is 59.8 Å². The van der Waals surface area contributed by atoms with Crippen LogP contribution in [0.15, 0.2) is 0 Å². The molecule has 1 amide bonds. The van der Waals surface area contributed by atoms with Gasteiger partial charge >= 0.3 is 6.09 Å². The van der Waals surface area contributed by atoms with E-state index in [1.165, 1.54) is 0 Å². The van der Waals surface area contributed by atoms with Crippen LogP contribution in [-0.4, -0.2) is 49.3 Å². The summed E-state index contributed by atoms with van der Waals surface area (Å²) < 4.78 is 5.16. The van der Waals surface area contributed by atoms with Gasteiger partial charge in [-0.1, -0.05) is 6.92 Å². The molecule has 0 aliphatic heterocycles. The third-order valence-electron chi connectivity index (χ3n) is 2.45. The number of nitrogens with zero attached hydrogens (tertiary/aromatic N) is 1. The number of hydrogen-bond acceptors (Lipinski definition) is 4. The van der Waals surface area contributed by atoms with E-state index in [4.69, 9.17) is 10.5 Å². The Morgan fingerprint density at radius 1 is 1.28 bits per heavy atom. The molecule has 18 heavy (non-hydrogen) atoms. The minimum atomic E-state index is -0.430. The van der Waals surface area contributed by atoms with Crippen LogP contribution in [0, 0.1) is 0 Å². The van der Waals surface area contributed by atoms with E-state index in [-0.39, 0.29) is 6.09 Å². The van der Waals surface area contributed by atoms with Gasteiger partial charge < -0.3 is 20.7 Å². The maximum absolute atomic E-state index is 11.4. The SMILES string of the molecule is CCN(CCCN)CCCNC(=O)OC(C)(C)C. The molecule has 0 radical (unpaired) electrons. The number of nitrogens with two attached hydrogens (primary N) is 1. The molecule has 0 aromatic heterocycles. The Morgan fingerprint density at radius 3 is 2.39 bits per heavy atom. The first kappa shape index (κ1) is 17.2. The van der Waals surface area contributed by atoms with Gasteiger partial charge in [-0.3, -0.25) is 0 Å². The van der Waals surface area contributed by atoms with Crippen LogP contribution in [0.4, 0.5) is 4.79 Å². The number of ether oxygens (including phenoxy) is 1. The Bertz CT molecular complexity index is 227. The molecule has 108 valence electrons. The molecule has 0 aromatic carbocycles. The molecule has 0 saturated carbocycles. The van der Waals surface area contributed by atoms with Crippen molar-refractivity contribution in [3.05, 3.63) is 0 Å². The number of hydrogen-bond donors (Lipinski definition) is 2. The van der Waals surface area contributed by atoms with Crippen molar-refractivity contribution in [3.8, 4) is 0 Å². The van der Waals surface area contributed by atoms with Crippen molar-refractivity contribution >= 4 is 6.09 Å². The average molecular weight is 259 g/mol. The molecule has 0 bridgehead atoms. The van der Waals surface area contributed by atoms with Crippen molar-refractivity contribution in [1.29, 1.82) is 0 Å². The highest BCUT2D eigenvalue weighted by Crippen LogP contribution is 2.06. The Kier molecular flexibility index (Phi) is 8.75. The van der Waals surface area contributed by atoms with E-state index < -0.39 is 5.60 Å². The number of amides is 1. The second-order valence-corrected chi connectivity index (χ2v) is 5.36. The molecule has 0 atom stereocenters. The fraction of sp³-hybridized carbons (Fsp3) is 0.923. The van der Waals surface area contributed by atoms with Crippen LogP contribution in [0.5, 0.6) is 0 Å². The average Bonchev–Trinajstić information content (AvgIpc) is 2.26. The van der Waals surface area contributed by atoms with Crippen LogP contribution < -0.4 is 11.1 Å². The van der Waals surface area contributed by atoms with Crippen molar-refractivity contribution in [2.45, 2.75) is 46.1 Å². The lowest BCUT2D eigenvalue weighted by atomic mass is 10.2. The summed E-state index contributed by atoms with van der Waals surface area (Å²) in [6, 6.07) is 0. The lowest BCUT2D eigenvalue weighted by Crippen LogP contribution is -2.35. The predicted octanol–water partition coefficient (Wildman–Crippen LogP) is 1.57. The molecular formula is C13H29N3O2. The number of alkyl carbamates (subject to hydrolysis) is 1. The van der Waals surface area contributed by atoms with Gasteiger partial charge in [0, 0.05) is 6.54 Å². The first-order valence-electron chi connectivity index (χ1n) is 6.78. The van der Waals surface area contributed by atoms with Gasteiger partial charge in [0.15, 0.2) is 0 Å². The molecule has 5 nitrogen and oxygen atoms in total. The Labute approximate surface area is 111 Å². The Morgan fingerprint density at radius 2 is 1.89 bits per heavy atom. The van der Waals surface area contributed by atoms with Crippen molar-refractivity contribution < 1.29 is 9.53 Å². The second kappa shape index (κ2) is 9.16. The van der Waals surface area contributed by atoms with Gasteiger partial charge in [-0.15, -0.1) is 0 Å². The first-order chi connectivity index (χ1) is 8.39. The largest absolute Gasteiger partial charge is 0.444 e. The maximum atomic E-state index is 11.4. The van der Waals surface area contributed by atoms with Gasteiger partial charge in [-0.2, -0.15) is 0 Å². The van der Waals surface area contributed by atoms with E-state index in [1.54, 1.807) is 0 Å². The summed E-state index contributed by atoms with van der Waals surface area (Å²) in [5.41, 5.74) is 5.05. The number of rotatable bonds is 8. The molecule has 0 aliphatic rings. The smallest absolute Gasteiger partial charge is 0.407 e. The Balaban J connectivity index is 3.62. The second-order valence-electron chi connectivity index (χ2n) is 5.36. The van der Waals surface area contributed by atoms with Gasteiger partial charge in [-0.25, -0.2) is 4.79 Å². The number of carbonyl (C=O) groups excluding carboxylic acids is 1. The highest BCUT2D eigenvalue weighted by Gasteiger charge is 2.15.